The molecule has 1 unspecified atom stereocenters. The van der Waals surface area contributed by atoms with E-state index in [2.05, 4.69) is 44.6 Å². The Morgan fingerprint density at radius 3 is 2.33 bits per heavy atom. The molecule has 1 aromatic rings. The van der Waals surface area contributed by atoms with E-state index in [9.17, 15) is 0 Å². The molecule has 1 atom stereocenters. The molecule has 0 aliphatic rings. The van der Waals surface area contributed by atoms with Gasteiger partial charge < -0.3 is 4.74 Å². The average Bonchev–Trinajstić information content (AvgIpc) is 2.23. The Morgan fingerprint density at radius 2 is 1.89 bits per heavy atom. The number of nitrogens with zero attached hydrogens (tertiary/aromatic N) is 2. The van der Waals surface area contributed by atoms with Gasteiger partial charge in [-0.3, -0.25) is 0 Å². The molecule has 0 saturated heterocycles. The van der Waals surface area contributed by atoms with Crippen LogP contribution in [0.15, 0.2) is 6.07 Å². The SMILES string of the molecule is CCOC(c1nc(Cl)cc(C(C)(C)C)n1)C(C)C. The highest BCUT2D eigenvalue weighted by molar-refractivity contribution is 6.29. The van der Waals surface area contributed by atoms with E-state index >= 15 is 0 Å². The molecule has 1 aromatic heterocycles. The van der Waals surface area contributed by atoms with Crippen molar-refractivity contribution in [2.24, 2.45) is 5.92 Å². The topological polar surface area (TPSA) is 35.0 Å². The van der Waals surface area contributed by atoms with Gasteiger partial charge in [0, 0.05) is 12.0 Å². The predicted molar refractivity (Wildman–Crippen MR) is 74.9 cm³/mol. The van der Waals surface area contributed by atoms with Crippen molar-refractivity contribution in [3.05, 3.63) is 22.7 Å². The van der Waals surface area contributed by atoms with Crippen molar-refractivity contribution in [2.45, 2.75) is 53.1 Å². The molecule has 0 N–H and O–H groups in total. The molecule has 1 rings (SSSR count). The van der Waals surface area contributed by atoms with Crippen molar-refractivity contribution in [1.82, 2.24) is 9.97 Å². The van der Waals surface area contributed by atoms with Crippen molar-refractivity contribution in [3.8, 4) is 0 Å². The van der Waals surface area contributed by atoms with Gasteiger partial charge in [0.2, 0.25) is 0 Å². The van der Waals surface area contributed by atoms with Crippen LogP contribution in [-0.2, 0) is 10.2 Å². The molecule has 0 spiro atoms. The smallest absolute Gasteiger partial charge is 0.159 e. The Labute approximate surface area is 115 Å². The molecule has 0 saturated carbocycles. The predicted octanol–water partition coefficient (Wildman–Crippen LogP) is 4.16. The van der Waals surface area contributed by atoms with Crippen LogP contribution in [0.1, 0.15) is 59.2 Å². The minimum absolute atomic E-state index is 0.0466. The van der Waals surface area contributed by atoms with E-state index in [1.165, 1.54) is 0 Å². The van der Waals surface area contributed by atoms with Crippen molar-refractivity contribution in [1.29, 1.82) is 0 Å². The zero-order valence-electron chi connectivity index (χ0n) is 12.1. The first-order valence-electron chi connectivity index (χ1n) is 6.42. The van der Waals surface area contributed by atoms with Gasteiger partial charge in [-0.1, -0.05) is 46.2 Å². The van der Waals surface area contributed by atoms with Gasteiger partial charge in [-0.25, -0.2) is 9.97 Å². The highest BCUT2D eigenvalue weighted by atomic mass is 35.5. The standard InChI is InChI=1S/C14H23ClN2O/c1-7-18-12(9(2)3)13-16-10(14(4,5)6)8-11(15)17-13/h8-9,12H,7H2,1-6H3. The van der Waals surface area contributed by atoms with E-state index in [4.69, 9.17) is 16.3 Å². The van der Waals surface area contributed by atoms with Crippen molar-refractivity contribution in [3.63, 3.8) is 0 Å². The molecule has 4 heteroatoms. The average molecular weight is 271 g/mol. The first-order valence-corrected chi connectivity index (χ1v) is 6.80. The Bertz CT molecular complexity index is 399. The molecule has 102 valence electrons. The largest absolute Gasteiger partial charge is 0.370 e. The Hall–Kier alpha value is -0.670. The van der Waals surface area contributed by atoms with Gasteiger partial charge in [-0.05, 0) is 18.9 Å². The van der Waals surface area contributed by atoms with Gasteiger partial charge >= 0.3 is 0 Å². The van der Waals surface area contributed by atoms with Crippen LogP contribution in [0.25, 0.3) is 0 Å². The number of ether oxygens (including phenoxy) is 1. The summed E-state index contributed by atoms with van der Waals surface area (Å²) in [6.07, 6.45) is -0.102. The van der Waals surface area contributed by atoms with Gasteiger partial charge in [-0.2, -0.15) is 0 Å². The number of hydrogen-bond donors (Lipinski definition) is 0. The van der Waals surface area contributed by atoms with E-state index in [-0.39, 0.29) is 11.5 Å². The van der Waals surface area contributed by atoms with Gasteiger partial charge in [0.15, 0.2) is 5.82 Å². The second-order valence-corrected chi connectivity index (χ2v) is 6.19. The van der Waals surface area contributed by atoms with Crippen LogP contribution in [-0.4, -0.2) is 16.6 Å². The van der Waals surface area contributed by atoms with Crippen LogP contribution in [0.3, 0.4) is 0 Å². The number of hydrogen-bond acceptors (Lipinski definition) is 3. The second-order valence-electron chi connectivity index (χ2n) is 5.80. The molecular formula is C14H23ClN2O. The van der Waals surface area contributed by atoms with E-state index in [1.54, 1.807) is 0 Å². The quantitative estimate of drug-likeness (QED) is 0.771. The maximum Gasteiger partial charge on any atom is 0.159 e. The van der Waals surface area contributed by atoms with Crippen molar-refractivity contribution < 1.29 is 4.74 Å². The lowest BCUT2D eigenvalue weighted by Crippen LogP contribution is -2.20. The summed E-state index contributed by atoms with van der Waals surface area (Å²) in [5.41, 5.74) is 0.901. The van der Waals surface area contributed by atoms with Gasteiger partial charge in [-0.15, -0.1) is 0 Å². The fraction of sp³-hybridized carbons (Fsp3) is 0.714. The van der Waals surface area contributed by atoms with Crippen molar-refractivity contribution >= 4 is 11.6 Å². The second kappa shape index (κ2) is 5.98. The minimum atomic E-state index is -0.102. The summed E-state index contributed by atoms with van der Waals surface area (Å²) in [5, 5.41) is 0.482. The normalized spacial score (nSPS) is 14.0. The highest BCUT2D eigenvalue weighted by Crippen LogP contribution is 2.28. The third-order valence-corrected chi connectivity index (χ3v) is 2.88. The maximum atomic E-state index is 6.10. The Balaban J connectivity index is 3.19. The summed E-state index contributed by atoms with van der Waals surface area (Å²) in [6.45, 7) is 13.2. The number of rotatable bonds is 4. The van der Waals surface area contributed by atoms with Gasteiger partial charge in [0.25, 0.3) is 0 Å². The number of aromatic nitrogens is 2. The summed E-state index contributed by atoms with van der Waals surface area (Å²) < 4.78 is 5.73. The minimum Gasteiger partial charge on any atom is -0.370 e. The van der Waals surface area contributed by atoms with E-state index in [0.717, 1.165) is 5.69 Å². The summed E-state index contributed by atoms with van der Waals surface area (Å²) >= 11 is 6.10. The lowest BCUT2D eigenvalue weighted by atomic mass is 9.92. The molecule has 0 aliphatic heterocycles. The van der Waals surface area contributed by atoms with Crippen LogP contribution in [0.5, 0.6) is 0 Å². The molecule has 0 radical (unpaired) electrons. The molecule has 0 fully saturated rings. The maximum absolute atomic E-state index is 6.10. The fourth-order valence-electron chi connectivity index (χ4n) is 1.69. The lowest BCUT2D eigenvalue weighted by molar-refractivity contribution is 0.0229. The molecule has 0 aliphatic carbocycles. The summed E-state index contributed by atoms with van der Waals surface area (Å²) in [6, 6.07) is 1.83. The van der Waals surface area contributed by atoms with Crippen LogP contribution in [0.4, 0.5) is 0 Å². The summed E-state index contributed by atoms with van der Waals surface area (Å²) in [7, 11) is 0. The zero-order chi connectivity index (χ0) is 13.9. The van der Waals surface area contributed by atoms with Crippen molar-refractivity contribution in [2.75, 3.05) is 6.61 Å². The van der Waals surface area contributed by atoms with Crippen LogP contribution in [0, 0.1) is 5.92 Å². The Morgan fingerprint density at radius 1 is 1.28 bits per heavy atom. The lowest BCUT2D eigenvalue weighted by Gasteiger charge is -2.23. The first-order chi connectivity index (χ1) is 8.25. The molecule has 3 nitrogen and oxygen atoms in total. The monoisotopic (exact) mass is 270 g/mol. The zero-order valence-corrected chi connectivity index (χ0v) is 12.9. The third-order valence-electron chi connectivity index (χ3n) is 2.69. The van der Waals surface area contributed by atoms with E-state index in [0.29, 0.717) is 23.5 Å². The first kappa shape index (κ1) is 15.4. The van der Waals surface area contributed by atoms with Crippen LogP contribution in [0.2, 0.25) is 5.15 Å². The van der Waals surface area contributed by atoms with Gasteiger partial charge in [0.05, 0.1) is 5.69 Å². The third kappa shape index (κ3) is 3.92. The molecule has 1 heterocycles. The summed E-state index contributed by atoms with van der Waals surface area (Å²) in [4.78, 5) is 8.94. The fourth-order valence-corrected chi connectivity index (χ4v) is 1.88. The van der Waals surface area contributed by atoms with Crippen LogP contribution >= 0.6 is 11.6 Å². The van der Waals surface area contributed by atoms with Gasteiger partial charge in [0.1, 0.15) is 11.3 Å². The Kier molecular flexibility index (Phi) is 5.11. The molecule has 18 heavy (non-hydrogen) atoms. The van der Waals surface area contributed by atoms with E-state index in [1.807, 2.05) is 13.0 Å². The molecule has 0 aromatic carbocycles. The highest BCUT2D eigenvalue weighted by Gasteiger charge is 2.23. The molecular weight excluding hydrogens is 248 g/mol. The number of halogens is 1. The molecule has 0 bridgehead atoms. The summed E-state index contributed by atoms with van der Waals surface area (Å²) in [5.74, 6) is 1.00. The molecule has 0 amide bonds. The van der Waals surface area contributed by atoms with E-state index < -0.39 is 0 Å². The van der Waals surface area contributed by atoms with Crippen LogP contribution < -0.4 is 0 Å².